The summed E-state index contributed by atoms with van der Waals surface area (Å²) in [5, 5.41) is 8.79. The summed E-state index contributed by atoms with van der Waals surface area (Å²) in [4.78, 5) is 16.4. The minimum Gasteiger partial charge on any atom is -0.496 e. The Labute approximate surface area is 243 Å². The largest absolute Gasteiger partial charge is 0.496 e. The Balaban J connectivity index is 1.15. The lowest BCUT2D eigenvalue weighted by atomic mass is 9.98. The molecule has 3 aliphatic rings. The molecular weight excluding hydrogens is 555 g/mol. The van der Waals surface area contributed by atoms with E-state index < -0.39 is 12.3 Å². The maximum atomic E-state index is 11.5. The van der Waals surface area contributed by atoms with Gasteiger partial charge in [-0.2, -0.15) is 0 Å². The zero-order chi connectivity index (χ0) is 29.2. The number of halogens is 2. The number of rotatable bonds is 8. The molecule has 0 radical (unpaired) electrons. The zero-order valence-corrected chi connectivity index (χ0v) is 23.2. The van der Waals surface area contributed by atoms with Gasteiger partial charge in [0.25, 0.3) is 0 Å². The number of fused-ring (bicyclic) bond motifs is 2. The summed E-state index contributed by atoms with van der Waals surface area (Å²) in [5.41, 5.74) is 2.63. The molecule has 2 aromatic heterocycles. The lowest BCUT2D eigenvalue weighted by molar-refractivity contribution is 0.0147. The van der Waals surface area contributed by atoms with Crippen molar-refractivity contribution >= 4 is 28.9 Å². The van der Waals surface area contributed by atoms with Crippen LogP contribution in [0.3, 0.4) is 0 Å². The van der Waals surface area contributed by atoms with Crippen LogP contribution in [0, 0.1) is 0 Å². The molecule has 7 rings (SSSR count). The molecule has 208 valence electrons. The Hall–Kier alpha value is -3.27. The van der Waals surface area contributed by atoms with E-state index in [0.29, 0.717) is 57.0 Å². The third-order valence-electron chi connectivity index (χ3n) is 8.06. The van der Waals surface area contributed by atoms with Gasteiger partial charge in [0.1, 0.15) is 17.2 Å². The first kappa shape index (κ1) is 23.4. The highest BCUT2D eigenvalue weighted by molar-refractivity contribution is 6.39. The lowest BCUT2D eigenvalue weighted by Crippen LogP contribution is -2.45. The van der Waals surface area contributed by atoms with Crippen LogP contribution >= 0.6 is 23.2 Å². The van der Waals surface area contributed by atoms with Crippen LogP contribution in [0.4, 0.5) is 5.69 Å². The van der Waals surface area contributed by atoms with E-state index in [1.165, 1.54) is 0 Å². The predicted molar refractivity (Wildman–Crippen MR) is 150 cm³/mol. The summed E-state index contributed by atoms with van der Waals surface area (Å²) in [6.07, 6.45) is 4.75. The molecule has 3 fully saturated rings. The first-order valence-electron chi connectivity index (χ1n) is 14.4. The van der Waals surface area contributed by atoms with Crippen LogP contribution in [0.25, 0.3) is 22.6 Å². The highest BCUT2D eigenvalue weighted by atomic mass is 35.5. The number of piperidine rings is 1. The van der Waals surface area contributed by atoms with E-state index in [2.05, 4.69) is 24.7 Å². The molecule has 1 unspecified atom stereocenters. The van der Waals surface area contributed by atoms with Gasteiger partial charge in [0, 0.05) is 40.9 Å². The highest BCUT2D eigenvalue weighted by Crippen LogP contribution is 2.47. The number of hydrogen-bond acceptors (Lipinski definition) is 8. The predicted octanol–water partition coefficient (Wildman–Crippen LogP) is 6.59. The molecule has 40 heavy (non-hydrogen) atoms. The lowest BCUT2D eigenvalue weighted by Gasteiger charge is -2.40. The van der Waals surface area contributed by atoms with E-state index in [9.17, 15) is 4.79 Å². The summed E-state index contributed by atoms with van der Waals surface area (Å²) < 4.78 is 40.6. The Morgan fingerprint density at radius 3 is 2.48 bits per heavy atom. The van der Waals surface area contributed by atoms with E-state index in [4.69, 9.17) is 39.9 Å². The molecule has 11 heteroatoms. The van der Waals surface area contributed by atoms with Crippen molar-refractivity contribution in [3.8, 4) is 28.4 Å². The van der Waals surface area contributed by atoms with Crippen molar-refractivity contribution in [2.45, 2.75) is 69.2 Å². The SMILES string of the molecule is [2H]C([2H])(OC1C[C@H]2CC[C@@H](C1)N2c1ccc(-c2noc(=O)[nH]2)c(OC)c1)c1c(-c2c(Cl)cccc2Cl)noc1C1CC1. The number of aromatic nitrogens is 3. The Morgan fingerprint density at radius 1 is 1.07 bits per heavy atom. The smallest absolute Gasteiger partial charge is 0.439 e. The van der Waals surface area contributed by atoms with Crippen molar-refractivity contribution in [1.82, 2.24) is 15.3 Å². The Bertz CT molecular complexity index is 1670. The number of anilines is 1. The summed E-state index contributed by atoms with van der Waals surface area (Å²) in [6.45, 7) is -2.17. The Kier molecular flexibility index (Phi) is 6.03. The normalized spacial score (nSPS) is 23.3. The van der Waals surface area contributed by atoms with Crippen molar-refractivity contribution in [3.63, 3.8) is 0 Å². The van der Waals surface area contributed by atoms with Crippen molar-refractivity contribution < 1.29 is 21.3 Å². The van der Waals surface area contributed by atoms with Gasteiger partial charge in [0.15, 0.2) is 5.82 Å². The van der Waals surface area contributed by atoms with Crippen LogP contribution in [0.1, 0.15) is 58.5 Å². The van der Waals surface area contributed by atoms with Gasteiger partial charge < -0.3 is 18.9 Å². The van der Waals surface area contributed by atoms with E-state index in [1.807, 2.05) is 18.2 Å². The summed E-state index contributed by atoms with van der Waals surface area (Å²) in [6, 6.07) is 11.2. The molecule has 9 nitrogen and oxygen atoms in total. The van der Waals surface area contributed by atoms with Crippen LogP contribution in [0.5, 0.6) is 5.75 Å². The molecule has 0 spiro atoms. The summed E-state index contributed by atoms with van der Waals surface area (Å²) in [7, 11) is 1.57. The standard InChI is InChI=1S/C29H28Cl2N4O5/c1-37-24-13-18(9-10-20(24)28-32-29(36)40-34-28)35-16-7-8-17(35)12-19(11-16)38-14-21-26(33-39-27(21)15-5-6-15)25-22(30)3-2-4-23(25)31/h2-4,9-10,13,15-17,19H,5-8,11-12,14H2,1H3,(H,32,34,36)/t16-,17+,19?/i14D2. The maximum absolute atomic E-state index is 11.5. The van der Waals surface area contributed by atoms with Gasteiger partial charge >= 0.3 is 5.76 Å². The highest BCUT2D eigenvalue weighted by Gasteiger charge is 2.42. The minimum absolute atomic E-state index is 0.104. The second-order valence-electron chi connectivity index (χ2n) is 10.6. The summed E-state index contributed by atoms with van der Waals surface area (Å²) >= 11 is 13.0. The number of hydrogen-bond donors (Lipinski definition) is 1. The topological polar surface area (TPSA) is 107 Å². The van der Waals surface area contributed by atoms with Gasteiger partial charge in [-0.3, -0.25) is 9.51 Å². The molecule has 1 N–H and O–H groups in total. The number of ether oxygens (including phenoxy) is 2. The first-order chi connectivity index (χ1) is 20.2. The van der Waals surface area contributed by atoms with E-state index >= 15 is 0 Å². The van der Waals surface area contributed by atoms with Gasteiger partial charge in [-0.15, -0.1) is 0 Å². The number of methoxy groups -OCH3 is 1. The van der Waals surface area contributed by atoms with Crippen molar-refractivity contribution in [3.05, 3.63) is 68.3 Å². The molecule has 3 atom stereocenters. The monoisotopic (exact) mass is 584 g/mol. The molecule has 2 aromatic carbocycles. The molecule has 2 saturated heterocycles. The maximum Gasteiger partial charge on any atom is 0.439 e. The molecule has 4 aromatic rings. The zero-order valence-electron chi connectivity index (χ0n) is 23.7. The molecule has 2 bridgehead atoms. The number of nitrogens with one attached hydrogen (secondary N) is 1. The van der Waals surface area contributed by atoms with E-state index in [-0.39, 0.29) is 29.7 Å². The first-order valence-corrected chi connectivity index (χ1v) is 14.1. The van der Waals surface area contributed by atoms with Gasteiger partial charge in [0.05, 0.1) is 38.1 Å². The van der Waals surface area contributed by atoms with Gasteiger partial charge in [-0.1, -0.05) is 39.6 Å². The van der Waals surface area contributed by atoms with Crippen molar-refractivity contribution in [1.29, 1.82) is 0 Å². The van der Waals surface area contributed by atoms with Crippen LogP contribution in [0.2, 0.25) is 10.0 Å². The molecule has 0 amide bonds. The van der Waals surface area contributed by atoms with Gasteiger partial charge in [-0.25, -0.2) is 4.79 Å². The molecule has 2 aliphatic heterocycles. The number of H-pyrrole nitrogens is 1. The average Bonchev–Trinajstić information content (AvgIpc) is 3.45. The van der Waals surface area contributed by atoms with Crippen LogP contribution < -0.4 is 15.4 Å². The number of aromatic amines is 1. The molecular formula is C29H28Cl2N4O5. The van der Waals surface area contributed by atoms with E-state index in [1.54, 1.807) is 25.3 Å². The molecule has 1 saturated carbocycles. The summed E-state index contributed by atoms with van der Waals surface area (Å²) in [5.74, 6) is 0.849. The third-order valence-corrected chi connectivity index (χ3v) is 8.69. The molecule has 4 heterocycles. The van der Waals surface area contributed by atoms with Crippen molar-refractivity contribution in [2.24, 2.45) is 0 Å². The second kappa shape index (κ2) is 10.3. The average molecular weight is 585 g/mol. The number of nitrogens with zero attached hydrogens (tertiary/aromatic N) is 3. The fourth-order valence-electron chi connectivity index (χ4n) is 6.09. The fraction of sp³-hybridized carbons (Fsp3) is 0.414. The fourth-order valence-corrected chi connectivity index (χ4v) is 6.67. The number of benzene rings is 2. The quantitative estimate of drug-likeness (QED) is 0.247. The third kappa shape index (κ3) is 4.60. The van der Waals surface area contributed by atoms with Gasteiger partial charge in [-0.05, 0) is 62.8 Å². The van der Waals surface area contributed by atoms with Gasteiger partial charge in [0.2, 0.25) is 0 Å². The second-order valence-corrected chi connectivity index (χ2v) is 11.4. The van der Waals surface area contributed by atoms with Crippen LogP contribution in [-0.4, -0.2) is 40.6 Å². The van der Waals surface area contributed by atoms with Crippen molar-refractivity contribution in [2.75, 3.05) is 12.0 Å². The Morgan fingerprint density at radius 2 is 1.82 bits per heavy atom. The molecule has 1 aliphatic carbocycles. The minimum atomic E-state index is -2.17. The van der Waals surface area contributed by atoms with Crippen LogP contribution in [0.15, 0.2) is 50.2 Å². The van der Waals surface area contributed by atoms with Crippen LogP contribution in [-0.2, 0) is 11.3 Å². The van der Waals surface area contributed by atoms with E-state index in [0.717, 1.165) is 31.4 Å².